The van der Waals surface area contributed by atoms with Crippen LogP contribution in [0.5, 0.6) is 5.75 Å². The molecule has 134 valence electrons. The summed E-state index contributed by atoms with van der Waals surface area (Å²) < 4.78 is 45.5. The number of alkyl halides is 3. The number of thioether (sulfide) groups is 1. The molecule has 0 atom stereocenters. The second-order valence-electron chi connectivity index (χ2n) is 5.08. The highest BCUT2D eigenvalue weighted by atomic mass is 35.5. The van der Waals surface area contributed by atoms with Gasteiger partial charge in [-0.1, -0.05) is 23.4 Å². The van der Waals surface area contributed by atoms with Crippen molar-refractivity contribution in [3.8, 4) is 11.8 Å². The van der Waals surface area contributed by atoms with Crippen molar-refractivity contribution in [3.63, 3.8) is 0 Å². The molecule has 3 aromatic rings. The first-order chi connectivity index (χ1) is 12.4. The Morgan fingerprint density at radius 2 is 1.96 bits per heavy atom. The third-order valence-corrected chi connectivity index (χ3v) is 4.51. The molecular weight excluding hydrogens is 389 g/mol. The van der Waals surface area contributed by atoms with E-state index in [0.717, 1.165) is 12.3 Å². The largest absolute Gasteiger partial charge is 0.493 e. The van der Waals surface area contributed by atoms with E-state index in [4.69, 9.17) is 21.6 Å². The van der Waals surface area contributed by atoms with Crippen LogP contribution < -0.4 is 4.74 Å². The summed E-state index contributed by atoms with van der Waals surface area (Å²) in [6.07, 6.45) is -3.59. The van der Waals surface area contributed by atoms with Gasteiger partial charge in [0.1, 0.15) is 5.75 Å². The lowest BCUT2D eigenvalue weighted by Gasteiger charge is -2.09. The number of nitriles is 1. The highest BCUT2D eigenvalue weighted by molar-refractivity contribution is 7.99. The first kappa shape index (κ1) is 18.4. The second-order valence-corrected chi connectivity index (χ2v) is 6.55. The zero-order chi connectivity index (χ0) is 18.7. The SMILES string of the molecule is N#Cc1ccc(OCCSc2nnc3c(Cl)cc(C(F)(F)F)cn23)cc1. The van der Waals surface area contributed by atoms with Crippen molar-refractivity contribution in [1.82, 2.24) is 14.6 Å². The predicted octanol–water partition coefficient (Wildman–Crippen LogP) is 4.44. The van der Waals surface area contributed by atoms with Crippen molar-refractivity contribution in [2.24, 2.45) is 0 Å². The minimum Gasteiger partial charge on any atom is -0.493 e. The van der Waals surface area contributed by atoms with Crippen LogP contribution in [0.3, 0.4) is 0 Å². The lowest BCUT2D eigenvalue weighted by molar-refractivity contribution is -0.137. The molecule has 1 aromatic carbocycles. The summed E-state index contributed by atoms with van der Waals surface area (Å²) in [5.74, 6) is 1.03. The van der Waals surface area contributed by atoms with E-state index in [-0.39, 0.29) is 15.8 Å². The molecule has 5 nitrogen and oxygen atoms in total. The fourth-order valence-corrected chi connectivity index (χ4v) is 3.08. The molecular formula is C16H10ClF3N4OS. The Bertz CT molecular complexity index is 967. The molecule has 0 unspecified atom stereocenters. The maximum atomic E-state index is 12.9. The molecule has 0 amide bonds. The van der Waals surface area contributed by atoms with E-state index in [1.165, 1.54) is 16.2 Å². The summed E-state index contributed by atoms with van der Waals surface area (Å²) in [7, 11) is 0. The fourth-order valence-electron chi connectivity index (χ4n) is 2.11. The van der Waals surface area contributed by atoms with E-state index in [2.05, 4.69) is 10.2 Å². The Morgan fingerprint density at radius 3 is 2.62 bits per heavy atom. The van der Waals surface area contributed by atoms with Gasteiger partial charge in [0.25, 0.3) is 0 Å². The summed E-state index contributed by atoms with van der Waals surface area (Å²) in [5.41, 5.74) is -0.181. The van der Waals surface area contributed by atoms with Crippen LogP contribution >= 0.6 is 23.4 Å². The number of halogens is 4. The van der Waals surface area contributed by atoms with Crippen LogP contribution in [-0.2, 0) is 6.18 Å². The predicted molar refractivity (Wildman–Crippen MR) is 90.4 cm³/mol. The Morgan fingerprint density at radius 1 is 1.23 bits per heavy atom. The molecule has 0 bridgehead atoms. The fraction of sp³-hybridized carbons (Fsp3) is 0.188. The standard InChI is InChI=1S/C16H10ClF3N4OS/c17-13-7-11(16(18,19)20)9-24-14(13)22-23-15(24)26-6-5-25-12-3-1-10(8-21)2-4-12/h1-4,7,9H,5-6H2. The van der Waals surface area contributed by atoms with E-state index in [1.54, 1.807) is 24.3 Å². The number of rotatable bonds is 5. The molecule has 3 rings (SSSR count). The Hall–Kier alpha value is -2.44. The third-order valence-electron chi connectivity index (χ3n) is 3.32. The van der Waals surface area contributed by atoms with Crippen molar-refractivity contribution in [3.05, 3.63) is 52.7 Å². The van der Waals surface area contributed by atoms with Crippen molar-refractivity contribution >= 4 is 29.0 Å². The number of nitrogens with zero attached hydrogens (tertiary/aromatic N) is 4. The third kappa shape index (κ3) is 4.03. The molecule has 0 radical (unpaired) electrons. The summed E-state index contributed by atoms with van der Waals surface area (Å²) in [4.78, 5) is 0. The van der Waals surface area contributed by atoms with Gasteiger partial charge in [0.15, 0.2) is 10.8 Å². The summed E-state index contributed by atoms with van der Waals surface area (Å²) in [6.45, 7) is 0.304. The molecule has 0 saturated heterocycles. The highest BCUT2D eigenvalue weighted by Crippen LogP contribution is 2.33. The molecule has 0 aliphatic heterocycles. The maximum Gasteiger partial charge on any atom is 0.417 e. The van der Waals surface area contributed by atoms with Gasteiger partial charge < -0.3 is 4.74 Å². The number of pyridine rings is 1. The topological polar surface area (TPSA) is 63.2 Å². The van der Waals surface area contributed by atoms with Crippen LogP contribution in [0.2, 0.25) is 5.02 Å². The molecule has 0 fully saturated rings. The maximum absolute atomic E-state index is 12.9. The van der Waals surface area contributed by atoms with Gasteiger partial charge in [-0.2, -0.15) is 18.4 Å². The molecule has 0 aliphatic carbocycles. The Balaban J connectivity index is 1.67. The summed E-state index contributed by atoms with van der Waals surface area (Å²) in [5, 5.41) is 16.6. The van der Waals surface area contributed by atoms with Gasteiger partial charge in [-0.25, -0.2) is 0 Å². The number of benzene rings is 1. The molecule has 0 spiro atoms. The van der Waals surface area contributed by atoms with Gasteiger partial charge in [-0.3, -0.25) is 4.40 Å². The smallest absolute Gasteiger partial charge is 0.417 e. The van der Waals surface area contributed by atoms with Crippen LogP contribution in [-0.4, -0.2) is 27.0 Å². The van der Waals surface area contributed by atoms with Crippen molar-refractivity contribution in [1.29, 1.82) is 5.26 Å². The van der Waals surface area contributed by atoms with E-state index in [0.29, 0.717) is 23.7 Å². The number of ether oxygens (including phenoxy) is 1. The minimum absolute atomic E-state index is 0.118. The quantitative estimate of drug-likeness (QED) is 0.469. The van der Waals surface area contributed by atoms with Gasteiger partial charge in [-0.05, 0) is 30.3 Å². The first-order valence-corrected chi connectivity index (χ1v) is 8.62. The average Bonchev–Trinajstić information content (AvgIpc) is 3.02. The number of hydrogen-bond donors (Lipinski definition) is 0. The average molecular weight is 399 g/mol. The van der Waals surface area contributed by atoms with Gasteiger partial charge in [0, 0.05) is 11.9 Å². The monoisotopic (exact) mass is 398 g/mol. The molecule has 2 heterocycles. The van der Waals surface area contributed by atoms with E-state index >= 15 is 0 Å². The van der Waals surface area contributed by atoms with Crippen LogP contribution in [0.4, 0.5) is 13.2 Å². The number of aromatic nitrogens is 3. The minimum atomic E-state index is -4.51. The normalized spacial score (nSPS) is 11.5. The summed E-state index contributed by atoms with van der Waals surface area (Å²) in [6, 6.07) is 9.45. The van der Waals surface area contributed by atoms with Gasteiger partial charge >= 0.3 is 6.18 Å². The van der Waals surface area contributed by atoms with Gasteiger partial charge in [-0.15, -0.1) is 10.2 Å². The van der Waals surface area contributed by atoms with Crippen molar-refractivity contribution in [2.45, 2.75) is 11.3 Å². The highest BCUT2D eigenvalue weighted by Gasteiger charge is 2.32. The van der Waals surface area contributed by atoms with Crippen molar-refractivity contribution < 1.29 is 17.9 Å². The molecule has 2 aromatic heterocycles. The van der Waals surface area contributed by atoms with Gasteiger partial charge in [0.2, 0.25) is 0 Å². The van der Waals surface area contributed by atoms with Crippen LogP contribution in [0.15, 0.2) is 41.7 Å². The number of hydrogen-bond acceptors (Lipinski definition) is 5. The molecule has 0 N–H and O–H groups in total. The van der Waals surface area contributed by atoms with Crippen LogP contribution in [0, 0.1) is 11.3 Å². The first-order valence-electron chi connectivity index (χ1n) is 7.26. The molecule has 0 aliphatic rings. The number of fused-ring (bicyclic) bond motifs is 1. The van der Waals surface area contributed by atoms with Crippen LogP contribution in [0.25, 0.3) is 5.65 Å². The van der Waals surface area contributed by atoms with Crippen molar-refractivity contribution in [2.75, 3.05) is 12.4 Å². The zero-order valence-corrected chi connectivity index (χ0v) is 14.6. The van der Waals surface area contributed by atoms with E-state index in [1.807, 2.05) is 6.07 Å². The van der Waals surface area contributed by atoms with Crippen LogP contribution in [0.1, 0.15) is 11.1 Å². The molecule has 10 heteroatoms. The Kier molecular flexibility index (Phi) is 5.25. The zero-order valence-electron chi connectivity index (χ0n) is 13.0. The van der Waals surface area contributed by atoms with Gasteiger partial charge in [0.05, 0.1) is 28.8 Å². The van der Waals surface area contributed by atoms with E-state index < -0.39 is 11.7 Å². The van der Waals surface area contributed by atoms with E-state index in [9.17, 15) is 13.2 Å². The summed E-state index contributed by atoms with van der Waals surface area (Å²) >= 11 is 7.06. The lowest BCUT2D eigenvalue weighted by Crippen LogP contribution is -2.07. The molecule has 0 saturated carbocycles. The second kappa shape index (κ2) is 7.43. The molecule has 26 heavy (non-hydrogen) atoms. The lowest BCUT2D eigenvalue weighted by atomic mass is 10.2. The Labute approximate surface area is 155 Å².